The van der Waals surface area contributed by atoms with E-state index in [1.54, 1.807) is 0 Å². The second-order valence-corrected chi connectivity index (χ2v) is 4.31. The molecule has 2 heterocycles. The fourth-order valence-electron chi connectivity index (χ4n) is 2.06. The molecule has 1 aromatic heterocycles. The van der Waals surface area contributed by atoms with Crippen LogP contribution in [0.3, 0.4) is 0 Å². The van der Waals surface area contributed by atoms with Crippen LogP contribution in [0.2, 0.25) is 0 Å². The summed E-state index contributed by atoms with van der Waals surface area (Å²) in [5.41, 5.74) is 6.26. The first-order chi connectivity index (χ1) is 7.83. The van der Waals surface area contributed by atoms with Crippen molar-refractivity contribution >= 4 is 0 Å². The van der Waals surface area contributed by atoms with Gasteiger partial charge in [-0.25, -0.2) is 0 Å². The minimum Gasteiger partial charge on any atom is -0.309 e. The maximum Gasteiger partial charge on any atom is 0.0705 e. The van der Waals surface area contributed by atoms with Gasteiger partial charge in [-0.3, -0.25) is 4.98 Å². The Balaban J connectivity index is 2.03. The van der Waals surface area contributed by atoms with Gasteiger partial charge in [-0.2, -0.15) is 0 Å². The number of aromatic nitrogens is 1. The van der Waals surface area contributed by atoms with Gasteiger partial charge in [0.1, 0.15) is 0 Å². The second kappa shape index (κ2) is 3.72. The third-order valence-electron chi connectivity index (χ3n) is 3.06. The van der Waals surface area contributed by atoms with Crippen LogP contribution in [0.5, 0.6) is 0 Å². The summed E-state index contributed by atoms with van der Waals surface area (Å²) in [5, 5.41) is 3.34. The summed E-state index contributed by atoms with van der Waals surface area (Å²) in [7, 11) is 0. The van der Waals surface area contributed by atoms with E-state index >= 15 is 0 Å². The van der Waals surface area contributed by atoms with E-state index in [0.717, 1.165) is 18.8 Å². The predicted molar refractivity (Wildman–Crippen MR) is 65.0 cm³/mol. The topological polar surface area (TPSA) is 24.9 Å². The maximum atomic E-state index is 4.51. The molecule has 2 aromatic rings. The highest BCUT2D eigenvalue weighted by Gasteiger charge is 2.11. The molecule has 3 rings (SSSR count). The number of hydrogen-bond acceptors (Lipinski definition) is 2. The Bertz CT molecular complexity index is 515. The van der Waals surface area contributed by atoms with Crippen molar-refractivity contribution < 1.29 is 0 Å². The zero-order valence-electron chi connectivity index (χ0n) is 9.33. The maximum absolute atomic E-state index is 4.51. The van der Waals surface area contributed by atoms with Crippen LogP contribution >= 0.6 is 0 Å². The van der Waals surface area contributed by atoms with Crippen LogP contribution in [0.25, 0.3) is 11.3 Å². The van der Waals surface area contributed by atoms with Gasteiger partial charge in [-0.1, -0.05) is 29.8 Å². The van der Waals surface area contributed by atoms with Crippen molar-refractivity contribution in [2.45, 2.75) is 20.0 Å². The van der Waals surface area contributed by atoms with E-state index < -0.39 is 0 Å². The van der Waals surface area contributed by atoms with Crippen molar-refractivity contribution in [1.29, 1.82) is 0 Å². The highest BCUT2D eigenvalue weighted by Crippen LogP contribution is 2.22. The highest BCUT2D eigenvalue weighted by atomic mass is 14.9. The first-order valence-corrected chi connectivity index (χ1v) is 5.58. The molecule has 2 heteroatoms. The Hall–Kier alpha value is -1.67. The van der Waals surface area contributed by atoms with Gasteiger partial charge in [0.25, 0.3) is 0 Å². The van der Waals surface area contributed by atoms with Crippen molar-refractivity contribution in [3.63, 3.8) is 0 Å². The molecule has 0 spiro atoms. The molecule has 2 nitrogen and oxygen atoms in total. The number of fused-ring (bicyclic) bond motifs is 1. The molecule has 0 saturated carbocycles. The van der Waals surface area contributed by atoms with Crippen molar-refractivity contribution in [2.24, 2.45) is 0 Å². The lowest BCUT2D eigenvalue weighted by atomic mass is 10.1. The molecule has 80 valence electrons. The highest BCUT2D eigenvalue weighted by molar-refractivity contribution is 5.60. The van der Waals surface area contributed by atoms with Crippen molar-refractivity contribution in [2.75, 3.05) is 0 Å². The summed E-state index contributed by atoms with van der Waals surface area (Å²) in [6, 6.07) is 10.7. The fraction of sp³-hybridized carbons (Fsp3) is 0.214. The van der Waals surface area contributed by atoms with Gasteiger partial charge in [0, 0.05) is 24.8 Å². The molecule has 1 aliphatic heterocycles. The smallest absolute Gasteiger partial charge is 0.0705 e. The summed E-state index contributed by atoms with van der Waals surface area (Å²) >= 11 is 0. The van der Waals surface area contributed by atoms with Crippen molar-refractivity contribution in [1.82, 2.24) is 10.3 Å². The van der Waals surface area contributed by atoms with E-state index in [1.807, 2.05) is 6.20 Å². The van der Waals surface area contributed by atoms with E-state index in [4.69, 9.17) is 0 Å². The second-order valence-electron chi connectivity index (χ2n) is 4.31. The van der Waals surface area contributed by atoms with E-state index in [1.165, 1.54) is 22.3 Å². The number of hydrogen-bond donors (Lipinski definition) is 1. The van der Waals surface area contributed by atoms with Gasteiger partial charge in [0.15, 0.2) is 0 Å². The van der Waals surface area contributed by atoms with Gasteiger partial charge in [-0.15, -0.1) is 0 Å². The van der Waals surface area contributed by atoms with E-state index in [2.05, 4.69) is 47.6 Å². The van der Waals surface area contributed by atoms with Crippen LogP contribution < -0.4 is 5.32 Å². The molecule has 0 amide bonds. The Labute approximate surface area is 95.3 Å². The van der Waals surface area contributed by atoms with Gasteiger partial charge >= 0.3 is 0 Å². The summed E-state index contributed by atoms with van der Waals surface area (Å²) in [4.78, 5) is 4.51. The monoisotopic (exact) mass is 210 g/mol. The van der Waals surface area contributed by atoms with Crippen LogP contribution in [0, 0.1) is 6.92 Å². The van der Waals surface area contributed by atoms with Crippen LogP contribution in [-0.4, -0.2) is 4.98 Å². The van der Waals surface area contributed by atoms with Crippen LogP contribution in [0.15, 0.2) is 36.5 Å². The van der Waals surface area contributed by atoms with E-state index in [-0.39, 0.29) is 0 Å². The van der Waals surface area contributed by atoms with Gasteiger partial charge in [0.2, 0.25) is 0 Å². The lowest BCUT2D eigenvalue weighted by Gasteiger charge is -2.04. The first-order valence-electron chi connectivity index (χ1n) is 5.58. The summed E-state index contributed by atoms with van der Waals surface area (Å²) in [6.45, 7) is 4.02. The number of pyridine rings is 1. The molecular weight excluding hydrogens is 196 g/mol. The Morgan fingerprint density at radius 1 is 1.06 bits per heavy atom. The molecule has 0 saturated heterocycles. The zero-order chi connectivity index (χ0) is 11.0. The summed E-state index contributed by atoms with van der Waals surface area (Å²) in [6.07, 6.45) is 1.99. The Morgan fingerprint density at radius 2 is 1.81 bits per heavy atom. The quantitative estimate of drug-likeness (QED) is 0.782. The molecule has 0 aliphatic carbocycles. The molecule has 0 atom stereocenters. The molecule has 1 N–H and O–H groups in total. The Morgan fingerprint density at radius 3 is 2.62 bits per heavy atom. The van der Waals surface area contributed by atoms with Gasteiger partial charge in [-0.05, 0) is 24.1 Å². The lowest BCUT2D eigenvalue weighted by Crippen LogP contribution is -1.99. The number of nitrogens with one attached hydrogen (secondary N) is 1. The number of aryl methyl sites for hydroxylation is 1. The molecular formula is C14H14N2. The standard InChI is InChI=1S/C14H14N2/c1-10-2-4-11(5-3-10)14-6-12-7-15-8-13(12)9-16-14/h2-6,9,15H,7-8H2,1H3. The van der Waals surface area contributed by atoms with Crippen molar-refractivity contribution in [3.05, 3.63) is 53.2 Å². The predicted octanol–water partition coefficient (Wildman–Crippen LogP) is 2.66. The molecule has 0 unspecified atom stereocenters. The largest absolute Gasteiger partial charge is 0.309 e. The van der Waals surface area contributed by atoms with Gasteiger partial charge in [0.05, 0.1) is 5.69 Å². The number of benzene rings is 1. The number of rotatable bonds is 1. The Kier molecular flexibility index (Phi) is 2.22. The van der Waals surface area contributed by atoms with Crippen LogP contribution in [-0.2, 0) is 13.1 Å². The van der Waals surface area contributed by atoms with Crippen LogP contribution in [0.4, 0.5) is 0 Å². The average molecular weight is 210 g/mol. The fourth-order valence-corrected chi connectivity index (χ4v) is 2.06. The van der Waals surface area contributed by atoms with Crippen molar-refractivity contribution in [3.8, 4) is 11.3 Å². The van der Waals surface area contributed by atoms with Gasteiger partial charge < -0.3 is 5.32 Å². The molecule has 16 heavy (non-hydrogen) atoms. The third kappa shape index (κ3) is 1.61. The molecule has 0 bridgehead atoms. The summed E-state index contributed by atoms with van der Waals surface area (Å²) in [5.74, 6) is 0. The minimum atomic E-state index is 0.955. The minimum absolute atomic E-state index is 0.955. The SMILES string of the molecule is Cc1ccc(-c2cc3c(cn2)CNC3)cc1. The average Bonchev–Trinajstić information content (AvgIpc) is 2.77. The molecule has 1 aliphatic rings. The summed E-state index contributed by atoms with van der Waals surface area (Å²) < 4.78 is 0. The third-order valence-corrected chi connectivity index (χ3v) is 3.06. The zero-order valence-corrected chi connectivity index (χ0v) is 9.33. The first kappa shape index (κ1) is 9.55. The lowest BCUT2D eigenvalue weighted by molar-refractivity contribution is 0.764. The molecule has 0 radical (unpaired) electrons. The number of nitrogens with zero attached hydrogens (tertiary/aromatic N) is 1. The molecule has 0 fully saturated rings. The van der Waals surface area contributed by atoms with E-state index in [9.17, 15) is 0 Å². The van der Waals surface area contributed by atoms with E-state index in [0.29, 0.717) is 0 Å². The normalized spacial score (nSPS) is 13.8. The van der Waals surface area contributed by atoms with Crippen LogP contribution in [0.1, 0.15) is 16.7 Å². The molecule has 1 aromatic carbocycles.